The Labute approximate surface area is 203 Å². The van der Waals surface area contributed by atoms with Crippen molar-refractivity contribution in [3.8, 4) is 5.69 Å². The average molecular weight is 521 g/mol. The van der Waals surface area contributed by atoms with E-state index in [1.54, 1.807) is 16.7 Å². The van der Waals surface area contributed by atoms with Gasteiger partial charge in [-0.1, -0.05) is 41.8 Å². The molecule has 0 fully saturated rings. The third-order valence-corrected chi connectivity index (χ3v) is 6.99. The van der Waals surface area contributed by atoms with E-state index < -0.39 is 17.1 Å². The van der Waals surface area contributed by atoms with E-state index in [1.165, 1.54) is 41.3 Å². The van der Waals surface area contributed by atoms with Crippen LogP contribution in [0.15, 0.2) is 49.4 Å². The third-order valence-electron chi connectivity index (χ3n) is 4.20. The topological polar surface area (TPSA) is 151 Å². The van der Waals surface area contributed by atoms with Gasteiger partial charge in [0.2, 0.25) is 11.0 Å². The van der Waals surface area contributed by atoms with Gasteiger partial charge in [0.15, 0.2) is 9.50 Å². The molecule has 0 atom stereocenters. The van der Waals surface area contributed by atoms with Crippen molar-refractivity contribution in [3.63, 3.8) is 0 Å². The summed E-state index contributed by atoms with van der Waals surface area (Å²) in [6.45, 7) is 2.00. The highest BCUT2D eigenvalue weighted by Gasteiger charge is 2.18. The number of nitrogens with zero attached hydrogens (tertiary/aromatic N) is 5. The lowest BCUT2D eigenvalue weighted by molar-refractivity contribution is -0.113. The maximum Gasteiger partial charge on any atom is 0.325 e. The fourth-order valence-corrected chi connectivity index (χ4v) is 5.31. The molecule has 1 aromatic carbocycles. The lowest BCUT2D eigenvalue weighted by atomic mass is 10.2. The highest BCUT2D eigenvalue weighted by molar-refractivity contribution is 8.01. The molecule has 0 aliphatic carbocycles. The van der Waals surface area contributed by atoms with E-state index in [0.29, 0.717) is 27.5 Å². The number of aromatic amines is 2. The first kappa shape index (κ1) is 23.8. The number of carbonyl (C=O) groups is 1. The summed E-state index contributed by atoms with van der Waals surface area (Å²) in [6, 6.07) is 6.91. The molecule has 176 valence electrons. The highest BCUT2D eigenvalue weighted by atomic mass is 32.2. The molecule has 0 aliphatic rings. The molecule has 0 aliphatic heterocycles. The van der Waals surface area contributed by atoms with Crippen molar-refractivity contribution in [3.05, 3.63) is 68.5 Å². The largest absolute Gasteiger partial charge is 0.325 e. The standard InChI is InChI=1S/C19H17FN8O3S3/c1-2-32-19-27-25-17(34-19)23-15(30)9-33-18-26-24-13(7-11-8-14(29)22-16(31)21-11)28(18)12-5-3-10(20)4-6-12/h3-6,8H,2,7,9H2,1H3,(H,23,25,30)(H2,21,22,29,31). The maximum absolute atomic E-state index is 13.5. The smallest absolute Gasteiger partial charge is 0.311 e. The molecular weight excluding hydrogens is 503 g/mol. The van der Waals surface area contributed by atoms with Gasteiger partial charge in [0, 0.05) is 23.9 Å². The van der Waals surface area contributed by atoms with Gasteiger partial charge in [-0.05, 0) is 30.0 Å². The Balaban J connectivity index is 1.55. The Hall–Kier alpha value is -3.30. The van der Waals surface area contributed by atoms with E-state index in [9.17, 15) is 18.8 Å². The van der Waals surface area contributed by atoms with Crippen molar-refractivity contribution in [2.24, 2.45) is 0 Å². The van der Waals surface area contributed by atoms with Crippen LogP contribution in [0, 0.1) is 5.82 Å². The molecule has 3 N–H and O–H groups in total. The summed E-state index contributed by atoms with van der Waals surface area (Å²) in [5, 5.41) is 19.8. The summed E-state index contributed by atoms with van der Waals surface area (Å²) >= 11 is 3.95. The summed E-state index contributed by atoms with van der Waals surface area (Å²) in [7, 11) is 0. The molecule has 3 aromatic heterocycles. The van der Waals surface area contributed by atoms with Gasteiger partial charge in [-0.15, -0.1) is 20.4 Å². The second-order valence-electron chi connectivity index (χ2n) is 6.64. The van der Waals surface area contributed by atoms with Crippen LogP contribution in [0.25, 0.3) is 5.69 Å². The molecule has 0 saturated carbocycles. The monoisotopic (exact) mass is 520 g/mol. The Morgan fingerprint density at radius 3 is 2.65 bits per heavy atom. The molecule has 3 heterocycles. The summed E-state index contributed by atoms with van der Waals surface area (Å²) < 4.78 is 15.9. The van der Waals surface area contributed by atoms with Crippen molar-refractivity contribution >= 4 is 45.9 Å². The van der Waals surface area contributed by atoms with Crippen LogP contribution in [0.4, 0.5) is 9.52 Å². The summed E-state index contributed by atoms with van der Waals surface area (Å²) in [6.07, 6.45) is 0.0823. The SMILES string of the molecule is CCSc1nnc(NC(=O)CSc2nnc(Cc3cc(=O)[nH]c(=O)[nH]3)n2-c2ccc(F)cc2)s1. The minimum Gasteiger partial charge on any atom is -0.311 e. The first-order valence-electron chi connectivity index (χ1n) is 9.83. The lowest BCUT2D eigenvalue weighted by Crippen LogP contribution is -2.23. The zero-order valence-electron chi connectivity index (χ0n) is 17.6. The van der Waals surface area contributed by atoms with E-state index in [4.69, 9.17) is 0 Å². The van der Waals surface area contributed by atoms with Crippen molar-refractivity contribution in [2.45, 2.75) is 22.8 Å². The van der Waals surface area contributed by atoms with E-state index in [-0.39, 0.29) is 18.1 Å². The molecule has 0 saturated heterocycles. The summed E-state index contributed by atoms with van der Waals surface area (Å²) in [4.78, 5) is 40.3. The molecule has 15 heteroatoms. The van der Waals surface area contributed by atoms with Gasteiger partial charge >= 0.3 is 5.69 Å². The lowest BCUT2D eigenvalue weighted by Gasteiger charge is -2.10. The van der Waals surface area contributed by atoms with E-state index in [1.807, 2.05) is 6.92 Å². The minimum absolute atomic E-state index is 0.0109. The van der Waals surface area contributed by atoms with Crippen LogP contribution in [0.1, 0.15) is 18.4 Å². The number of carbonyl (C=O) groups excluding carboxylic acids is 1. The molecule has 0 radical (unpaired) electrons. The first-order chi connectivity index (χ1) is 16.4. The number of hydrogen-bond donors (Lipinski definition) is 3. The zero-order valence-corrected chi connectivity index (χ0v) is 20.0. The third kappa shape index (κ3) is 5.98. The summed E-state index contributed by atoms with van der Waals surface area (Å²) in [5.74, 6) is 0.537. The molecule has 0 unspecified atom stereocenters. The molecule has 34 heavy (non-hydrogen) atoms. The first-order valence-corrected chi connectivity index (χ1v) is 12.6. The Morgan fingerprint density at radius 1 is 1.12 bits per heavy atom. The number of anilines is 1. The summed E-state index contributed by atoms with van der Waals surface area (Å²) in [5.41, 5.74) is -0.300. The number of hydrogen-bond acceptors (Lipinski definition) is 10. The number of amides is 1. The van der Waals surface area contributed by atoms with Gasteiger partial charge in [-0.25, -0.2) is 9.18 Å². The minimum atomic E-state index is -0.640. The van der Waals surface area contributed by atoms with Gasteiger partial charge in [0.1, 0.15) is 11.6 Å². The number of H-pyrrole nitrogens is 2. The predicted molar refractivity (Wildman–Crippen MR) is 127 cm³/mol. The Bertz CT molecular complexity index is 1380. The normalized spacial score (nSPS) is 11.0. The van der Waals surface area contributed by atoms with Crippen molar-refractivity contribution < 1.29 is 9.18 Å². The molecule has 0 spiro atoms. The predicted octanol–water partition coefficient (Wildman–Crippen LogP) is 2.07. The fourth-order valence-electron chi connectivity index (χ4n) is 2.87. The second kappa shape index (κ2) is 10.8. The fraction of sp³-hybridized carbons (Fsp3) is 0.211. The zero-order chi connectivity index (χ0) is 24.1. The molecule has 4 aromatic rings. The van der Waals surface area contributed by atoms with Gasteiger partial charge in [0.25, 0.3) is 5.56 Å². The van der Waals surface area contributed by atoms with Crippen LogP contribution >= 0.6 is 34.9 Å². The van der Waals surface area contributed by atoms with Crippen LogP contribution < -0.4 is 16.6 Å². The molecule has 1 amide bonds. The Morgan fingerprint density at radius 2 is 1.91 bits per heavy atom. The number of rotatable bonds is 9. The Kier molecular flexibility index (Phi) is 7.54. The number of aromatic nitrogens is 7. The average Bonchev–Trinajstić information content (AvgIpc) is 3.39. The van der Waals surface area contributed by atoms with Crippen LogP contribution in [0.5, 0.6) is 0 Å². The van der Waals surface area contributed by atoms with Crippen molar-refractivity contribution in [1.82, 2.24) is 34.9 Å². The molecule has 0 bridgehead atoms. The number of nitrogens with one attached hydrogen (secondary N) is 3. The van der Waals surface area contributed by atoms with Crippen LogP contribution in [0.3, 0.4) is 0 Å². The van der Waals surface area contributed by atoms with E-state index in [2.05, 4.69) is 35.7 Å². The molecular formula is C19H17FN8O3S3. The van der Waals surface area contributed by atoms with Crippen LogP contribution in [-0.2, 0) is 11.2 Å². The van der Waals surface area contributed by atoms with Gasteiger partial charge < -0.3 is 4.98 Å². The van der Waals surface area contributed by atoms with Gasteiger partial charge in [-0.2, -0.15) is 0 Å². The number of benzene rings is 1. The van der Waals surface area contributed by atoms with Crippen LogP contribution in [0.2, 0.25) is 0 Å². The van der Waals surface area contributed by atoms with Crippen molar-refractivity contribution in [1.29, 1.82) is 0 Å². The quantitative estimate of drug-likeness (QED) is 0.222. The van der Waals surface area contributed by atoms with Gasteiger partial charge in [-0.3, -0.25) is 24.5 Å². The van der Waals surface area contributed by atoms with Crippen molar-refractivity contribution in [2.75, 3.05) is 16.8 Å². The number of halogens is 1. The highest BCUT2D eigenvalue weighted by Crippen LogP contribution is 2.26. The van der Waals surface area contributed by atoms with E-state index in [0.717, 1.165) is 21.9 Å². The van der Waals surface area contributed by atoms with E-state index >= 15 is 0 Å². The van der Waals surface area contributed by atoms with Crippen LogP contribution in [-0.4, -0.2) is 52.3 Å². The maximum atomic E-state index is 13.5. The second-order valence-corrected chi connectivity index (χ2v) is 10.1. The number of thioether (sulfide) groups is 2. The molecule has 4 rings (SSSR count). The molecule has 11 nitrogen and oxygen atoms in total. The van der Waals surface area contributed by atoms with Gasteiger partial charge in [0.05, 0.1) is 5.75 Å².